The second kappa shape index (κ2) is 7.89. The third-order valence-corrected chi connectivity index (χ3v) is 11.8. The molecule has 0 aliphatic heterocycles. The van der Waals surface area contributed by atoms with Crippen LogP contribution in [0.5, 0.6) is 0 Å². The van der Waals surface area contributed by atoms with Crippen molar-refractivity contribution in [3.63, 3.8) is 0 Å². The third-order valence-electron chi connectivity index (χ3n) is 5.86. The molecule has 0 spiro atoms. The van der Waals surface area contributed by atoms with Gasteiger partial charge in [-0.25, -0.2) is 8.98 Å². The summed E-state index contributed by atoms with van der Waals surface area (Å²) in [6, 6.07) is 7.66. The van der Waals surface area contributed by atoms with E-state index in [9.17, 15) is 18.3 Å². The van der Waals surface area contributed by atoms with Gasteiger partial charge in [0.05, 0.1) is 4.90 Å². The zero-order valence-electron chi connectivity index (χ0n) is 17.6. The molecule has 1 fully saturated rings. The van der Waals surface area contributed by atoms with Crippen LogP contribution in [-0.2, 0) is 23.5 Å². The molecule has 0 amide bonds. The summed E-state index contributed by atoms with van der Waals surface area (Å²) in [5.74, 6) is -1.30. The fraction of sp³-hybridized carbons (Fsp3) is 0.650. The van der Waals surface area contributed by atoms with Crippen molar-refractivity contribution in [3.05, 3.63) is 30.3 Å². The van der Waals surface area contributed by atoms with Crippen LogP contribution in [0.1, 0.15) is 47.0 Å². The van der Waals surface area contributed by atoms with Crippen LogP contribution >= 0.6 is 0 Å². The molecule has 1 saturated carbocycles. The first kappa shape index (κ1) is 23.1. The Morgan fingerprint density at radius 1 is 1.18 bits per heavy atom. The molecule has 1 aliphatic carbocycles. The minimum atomic E-state index is -4.21. The highest BCUT2D eigenvalue weighted by Crippen LogP contribution is 2.43. The van der Waals surface area contributed by atoms with E-state index < -0.39 is 30.0 Å². The van der Waals surface area contributed by atoms with Gasteiger partial charge in [-0.3, -0.25) is 0 Å². The van der Waals surface area contributed by atoms with Crippen molar-refractivity contribution in [2.75, 3.05) is 0 Å². The van der Waals surface area contributed by atoms with Crippen LogP contribution in [0.15, 0.2) is 35.2 Å². The first-order valence-electron chi connectivity index (χ1n) is 9.60. The average molecular weight is 429 g/mol. The van der Waals surface area contributed by atoms with E-state index in [2.05, 4.69) is 33.9 Å². The summed E-state index contributed by atoms with van der Waals surface area (Å²) in [6.45, 7) is 12.5. The molecule has 0 unspecified atom stereocenters. The van der Waals surface area contributed by atoms with Crippen LogP contribution < -0.4 is 0 Å². The number of hydrogen-bond donors (Lipinski definition) is 1. The second-order valence-electron chi connectivity index (χ2n) is 9.40. The fourth-order valence-corrected chi connectivity index (χ4v) is 6.02. The van der Waals surface area contributed by atoms with Crippen molar-refractivity contribution in [1.82, 2.24) is 0 Å². The number of rotatable bonds is 6. The highest BCUT2D eigenvalue weighted by molar-refractivity contribution is 7.86. The van der Waals surface area contributed by atoms with Crippen molar-refractivity contribution in [3.8, 4) is 0 Å². The molecule has 1 N–H and O–H groups in total. The van der Waals surface area contributed by atoms with E-state index in [1.807, 2.05) is 6.92 Å². The molecular weight excluding hydrogens is 396 g/mol. The van der Waals surface area contributed by atoms with Gasteiger partial charge in [0.1, 0.15) is 0 Å². The van der Waals surface area contributed by atoms with Gasteiger partial charge in [0.15, 0.2) is 13.9 Å². The van der Waals surface area contributed by atoms with Gasteiger partial charge in [0.2, 0.25) is 0 Å². The predicted octanol–water partition coefficient (Wildman–Crippen LogP) is 4.43. The predicted molar refractivity (Wildman–Crippen MR) is 110 cm³/mol. The van der Waals surface area contributed by atoms with Crippen molar-refractivity contribution >= 4 is 24.4 Å². The maximum Gasteiger partial charge on any atom is 0.337 e. The molecule has 0 heterocycles. The van der Waals surface area contributed by atoms with E-state index in [0.717, 1.165) is 0 Å². The Morgan fingerprint density at radius 3 is 2.25 bits per heavy atom. The van der Waals surface area contributed by atoms with Crippen molar-refractivity contribution < 1.29 is 26.9 Å². The highest BCUT2D eigenvalue weighted by Gasteiger charge is 2.52. The van der Waals surface area contributed by atoms with E-state index >= 15 is 0 Å². The first-order valence-corrected chi connectivity index (χ1v) is 13.9. The molecule has 0 bridgehead atoms. The molecule has 1 aromatic rings. The van der Waals surface area contributed by atoms with Crippen molar-refractivity contribution in [2.24, 2.45) is 5.92 Å². The number of carboxylic acid groups (broad SMARTS) is 1. The molecule has 158 valence electrons. The smallest absolute Gasteiger partial charge is 0.337 e. The van der Waals surface area contributed by atoms with E-state index in [-0.39, 0.29) is 34.8 Å². The zero-order valence-corrected chi connectivity index (χ0v) is 19.4. The van der Waals surface area contributed by atoms with Crippen molar-refractivity contribution in [2.45, 2.75) is 81.7 Å². The number of carboxylic acids is 1. The molecule has 1 aromatic carbocycles. The normalized spacial score (nSPS) is 26.8. The molecule has 0 radical (unpaired) electrons. The highest BCUT2D eigenvalue weighted by atomic mass is 32.2. The molecule has 2 rings (SSSR count). The first-order chi connectivity index (χ1) is 12.7. The molecule has 6 nitrogen and oxygen atoms in total. The standard InChI is InChI=1S/C20H32O6SSi/c1-15-12-16(25-28(5,6)19(2,3)4)14-20(13-15,18(21)22)26-27(23,24)17-10-8-7-9-11-17/h7-11,15-16H,12-14H2,1-6H3,(H,21,22)/t15-,16-,20-/m0/s1. The maximum atomic E-state index is 12.8. The largest absolute Gasteiger partial charge is 0.479 e. The number of benzene rings is 1. The second-order valence-corrected chi connectivity index (χ2v) is 15.7. The Labute approximate surface area is 169 Å². The van der Waals surface area contributed by atoms with Crippen LogP contribution in [0.25, 0.3) is 0 Å². The van der Waals surface area contributed by atoms with Crippen LogP contribution in [0.2, 0.25) is 18.1 Å². The van der Waals surface area contributed by atoms with Crippen LogP contribution in [0.3, 0.4) is 0 Å². The Bertz CT molecular complexity index is 800. The monoisotopic (exact) mass is 428 g/mol. The summed E-state index contributed by atoms with van der Waals surface area (Å²) in [6.07, 6.45) is 0.486. The molecule has 1 aliphatic rings. The lowest BCUT2D eigenvalue weighted by atomic mass is 9.77. The fourth-order valence-electron chi connectivity index (χ4n) is 3.44. The lowest BCUT2D eigenvalue weighted by molar-refractivity contribution is -0.163. The topological polar surface area (TPSA) is 89.9 Å². The lowest BCUT2D eigenvalue weighted by Crippen LogP contribution is -2.54. The van der Waals surface area contributed by atoms with Crippen LogP contribution in [0.4, 0.5) is 0 Å². The van der Waals surface area contributed by atoms with Gasteiger partial charge in [-0.1, -0.05) is 45.9 Å². The Balaban J connectivity index is 2.34. The summed E-state index contributed by atoms with van der Waals surface area (Å²) in [4.78, 5) is 12.2. The van der Waals surface area contributed by atoms with Gasteiger partial charge in [0.25, 0.3) is 10.1 Å². The van der Waals surface area contributed by atoms with E-state index in [4.69, 9.17) is 8.61 Å². The van der Waals surface area contributed by atoms with Crippen LogP contribution in [-0.4, -0.2) is 39.5 Å². The number of hydrogen-bond acceptors (Lipinski definition) is 5. The van der Waals surface area contributed by atoms with E-state index in [1.165, 1.54) is 12.1 Å². The minimum Gasteiger partial charge on any atom is -0.479 e. The molecular formula is C20H32O6SSi. The van der Waals surface area contributed by atoms with Gasteiger partial charge < -0.3 is 9.53 Å². The summed E-state index contributed by atoms with van der Waals surface area (Å²) in [5.41, 5.74) is -1.82. The Morgan fingerprint density at radius 2 is 1.75 bits per heavy atom. The summed E-state index contributed by atoms with van der Waals surface area (Å²) in [7, 11) is -6.35. The maximum absolute atomic E-state index is 12.8. The summed E-state index contributed by atoms with van der Waals surface area (Å²) in [5, 5.41) is 9.93. The van der Waals surface area contributed by atoms with Crippen molar-refractivity contribution in [1.29, 1.82) is 0 Å². The third kappa shape index (κ3) is 5.03. The zero-order chi connectivity index (χ0) is 21.4. The quantitative estimate of drug-likeness (QED) is 0.533. The van der Waals surface area contributed by atoms with Gasteiger partial charge in [-0.05, 0) is 49.0 Å². The molecule has 0 aromatic heterocycles. The van der Waals surface area contributed by atoms with Gasteiger partial charge in [-0.2, -0.15) is 8.42 Å². The minimum absolute atomic E-state index is 0.0191. The Kier molecular flexibility index (Phi) is 6.50. The molecule has 8 heteroatoms. The summed E-state index contributed by atoms with van der Waals surface area (Å²) < 4.78 is 37.4. The van der Waals surface area contributed by atoms with Crippen LogP contribution in [0, 0.1) is 5.92 Å². The van der Waals surface area contributed by atoms with Gasteiger partial charge in [-0.15, -0.1) is 0 Å². The van der Waals surface area contributed by atoms with Gasteiger partial charge >= 0.3 is 5.97 Å². The van der Waals surface area contributed by atoms with E-state index in [1.54, 1.807) is 18.2 Å². The lowest BCUT2D eigenvalue weighted by Gasteiger charge is -2.45. The SMILES string of the molecule is C[C@H]1C[C@H](O[Si](C)(C)C(C)(C)C)C[C@](OS(=O)(=O)c2ccccc2)(C(=O)O)C1. The average Bonchev–Trinajstić information content (AvgIpc) is 2.53. The molecule has 28 heavy (non-hydrogen) atoms. The summed E-state index contributed by atoms with van der Waals surface area (Å²) >= 11 is 0. The van der Waals surface area contributed by atoms with Gasteiger partial charge in [0, 0.05) is 12.5 Å². The molecule has 3 atom stereocenters. The number of aliphatic carboxylic acids is 1. The molecule has 0 saturated heterocycles. The number of carbonyl (C=O) groups is 1. The van der Waals surface area contributed by atoms with E-state index in [0.29, 0.717) is 6.42 Å². The Hall–Kier alpha value is -1.22.